The summed E-state index contributed by atoms with van der Waals surface area (Å²) in [4.78, 5) is 8.08. The van der Waals surface area contributed by atoms with Gasteiger partial charge in [-0.2, -0.15) is 0 Å². The van der Waals surface area contributed by atoms with E-state index in [4.69, 9.17) is 58.0 Å². The molecule has 0 spiro atoms. The summed E-state index contributed by atoms with van der Waals surface area (Å²) < 4.78 is 0. The molecule has 0 heterocycles. The van der Waals surface area contributed by atoms with Crippen molar-refractivity contribution >= 4 is 63.8 Å². The minimum atomic E-state index is -1.74. The number of aliphatic hydroxyl groups excluding tert-OH is 1. The summed E-state index contributed by atoms with van der Waals surface area (Å²) >= 11 is 28.7. The molecule has 2 nitrogen and oxygen atoms in total. The van der Waals surface area contributed by atoms with Crippen molar-refractivity contribution in [1.82, 2.24) is 0 Å². The zero-order valence-corrected chi connectivity index (χ0v) is 10.0. The Balaban J connectivity index is 2.73. The van der Waals surface area contributed by atoms with Gasteiger partial charge in [-0.25, -0.2) is 0 Å². The van der Waals surface area contributed by atoms with Gasteiger partial charge in [0.05, 0.1) is 10.1 Å². The standard InChI is InChI=1S/C7HCl5O2/c8-1-4(13)6(11)2(9)3(10)7(6,12)5(1)14/h13H/t6-,7-/m1/s1. The average molecular weight is 294 g/mol. The molecule has 2 atom stereocenters. The minimum Gasteiger partial charge on any atom is -0.508 e. The van der Waals surface area contributed by atoms with Crippen LogP contribution >= 0.6 is 58.0 Å². The predicted molar refractivity (Wildman–Crippen MR) is 56.4 cm³/mol. The Morgan fingerprint density at radius 3 is 1.86 bits per heavy atom. The van der Waals surface area contributed by atoms with Gasteiger partial charge in [0.1, 0.15) is 10.8 Å². The quantitative estimate of drug-likeness (QED) is 0.696. The maximum absolute atomic E-state index is 11.5. The largest absolute Gasteiger partial charge is 0.508 e. The lowest BCUT2D eigenvalue weighted by atomic mass is 9.80. The van der Waals surface area contributed by atoms with Crippen LogP contribution in [0.5, 0.6) is 0 Å². The number of rotatable bonds is 0. The highest BCUT2D eigenvalue weighted by molar-refractivity contribution is 6.67. The van der Waals surface area contributed by atoms with Gasteiger partial charge in [0, 0.05) is 0 Å². The van der Waals surface area contributed by atoms with Gasteiger partial charge in [0.2, 0.25) is 5.78 Å². The highest BCUT2D eigenvalue weighted by atomic mass is 35.5. The lowest BCUT2D eigenvalue weighted by Crippen LogP contribution is -2.57. The van der Waals surface area contributed by atoms with Gasteiger partial charge >= 0.3 is 0 Å². The monoisotopic (exact) mass is 292 g/mol. The zero-order chi connectivity index (χ0) is 10.9. The normalized spacial score (nSPS) is 41.6. The van der Waals surface area contributed by atoms with E-state index in [1.807, 2.05) is 0 Å². The number of ketones is 1. The van der Waals surface area contributed by atoms with Crippen LogP contribution in [0.25, 0.3) is 0 Å². The van der Waals surface area contributed by atoms with Crippen molar-refractivity contribution in [2.24, 2.45) is 0 Å². The van der Waals surface area contributed by atoms with Gasteiger partial charge < -0.3 is 5.11 Å². The van der Waals surface area contributed by atoms with Gasteiger partial charge in [-0.3, -0.25) is 4.79 Å². The van der Waals surface area contributed by atoms with Crippen LogP contribution in [0.3, 0.4) is 0 Å². The number of allylic oxidation sites excluding steroid dienone is 3. The molecule has 0 saturated heterocycles. The smallest absolute Gasteiger partial charge is 0.206 e. The van der Waals surface area contributed by atoms with Crippen molar-refractivity contribution in [3.05, 3.63) is 20.9 Å². The Kier molecular flexibility index (Phi) is 2.14. The predicted octanol–water partition coefficient (Wildman–Crippen LogP) is 3.24. The second-order valence-corrected chi connectivity index (χ2v) is 5.20. The number of carbonyl (C=O) groups is 1. The summed E-state index contributed by atoms with van der Waals surface area (Å²) in [5.74, 6) is -1.28. The Labute approximate surface area is 104 Å². The highest BCUT2D eigenvalue weighted by Crippen LogP contribution is 2.67. The second kappa shape index (κ2) is 2.74. The van der Waals surface area contributed by atoms with Crippen LogP contribution < -0.4 is 0 Å². The Morgan fingerprint density at radius 1 is 1.00 bits per heavy atom. The first-order valence-corrected chi connectivity index (χ1v) is 5.26. The third kappa shape index (κ3) is 0.782. The van der Waals surface area contributed by atoms with Crippen LogP contribution in [0.15, 0.2) is 20.9 Å². The molecule has 7 heteroatoms. The van der Waals surface area contributed by atoms with Crippen LogP contribution in [0.1, 0.15) is 0 Å². The van der Waals surface area contributed by atoms with Crippen molar-refractivity contribution in [1.29, 1.82) is 0 Å². The number of Topliss-reactive ketones (excluding diaryl/α,β-unsaturated/α-hetero) is 1. The fraction of sp³-hybridized carbons (Fsp3) is 0.286. The molecule has 14 heavy (non-hydrogen) atoms. The summed E-state index contributed by atoms with van der Waals surface area (Å²) in [5.41, 5.74) is 0. The molecular formula is C7HCl5O2. The highest BCUT2D eigenvalue weighted by Gasteiger charge is 2.75. The van der Waals surface area contributed by atoms with Crippen LogP contribution in [-0.2, 0) is 4.79 Å². The molecule has 1 N–H and O–H groups in total. The molecule has 0 amide bonds. The van der Waals surface area contributed by atoms with E-state index in [-0.39, 0.29) is 10.1 Å². The fourth-order valence-corrected chi connectivity index (χ4v) is 3.53. The molecule has 0 aliphatic heterocycles. The molecule has 0 fully saturated rings. The van der Waals surface area contributed by atoms with E-state index >= 15 is 0 Å². The van der Waals surface area contributed by atoms with E-state index in [0.717, 1.165) is 0 Å². The minimum absolute atomic E-state index is 0.0719. The molecule has 0 aromatic rings. The van der Waals surface area contributed by atoms with Crippen molar-refractivity contribution in [2.75, 3.05) is 0 Å². The number of hydrogen-bond acceptors (Lipinski definition) is 2. The van der Waals surface area contributed by atoms with E-state index in [2.05, 4.69) is 0 Å². The summed E-state index contributed by atoms with van der Waals surface area (Å²) in [6.45, 7) is 0. The van der Waals surface area contributed by atoms with Crippen molar-refractivity contribution < 1.29 is 9.90 Å². The van der Waals surface area contributed by atoms with Crippen LogP contribution in [0, 0.1) is 0 Å². The first-order valence-electron chi connectivity index (χ1n) is 3.37. The molecule has 0 radical (unpaired) electrons. The van der Waals surface area contributed by atoms with Gasteiger partial charge in [0.25, 0.3) is 0 Å². The first kappa shape index (κ1) is 10.9. The molecule has 2 aliphatic rings. The molecule has 0 bridgehead atoms. The summed E-state index contributed by atoms with van der Waals surface area (Å²) in [7, 11) is 0. The van der Waals surface area contributed by atoms with Crippen LogP contribution in [-0.4, -0.2) is 20.6 Å². The topological polar surface area (TPSA) is 37.3 Å². The maximum Gasteiger partial charge on any atom is 0.206 e. The lowest BCUT2D eigenvalue weighted by molar-refractivity contribution is -0.116. The Bertz CT molecular complexity index is 426. The molecular weight excluding hydrogens is 293 g/mol. The fourth-order valence-electron chi connectivity index (χ4n) is 1.48. The molecule has 2 rings (SSSR count). The molecule has 0 unspecified atom stereocenters. The number of aliphatic hydroxyl groups is 1. The first-order chi connectivity index (χ1) is 6.29. The van der Waals surface area contributed by atoms with Crippen molar-refractivity contribution in [2.45, 2.75) is 9.75 Å². The summed E-state index contributed by atoms with van der Waals surface area (Å²) in [6, 6.07) is 0. The Hall–Kier alpha value is 0.400. The summed E-state index contributed by atoms with van der Waals surface area (Å²) in [5, 5.41) is 8.91. The summed E-state index contributed by atoms with van der Waals surface area (Å²) in [6.07, 6.45) is 0. The number of carbonyl (C=O) groups excluding carboxylic acids is 1. The lowest BCUT2D eigenvalue weighted by Gasteiger charge is -2.43. The van der Waals surface area contributed by atoms with E-state index in [1.165, 1.54) is 0 Å². The third-order valence-corrected chi connectivity index (χ3v) is 5.30. The van der Waals surface area contributed by atoms with E-state index < -0.39 is 26.3 Å². The second-order valence-electron chi connectivity index (χ2n) is 2.94. The number of halogens is 5. The Morgan fingerprint density at radius 2 is 1.43 bits per heavy atom. The molecule has 76 valence electrons. The molecule has 0 aromatic carbocycles. The maximum atomic E-state index is 11.5. The van der Waals surface area contributed by atoms with Gasteiger partial charge in [-0.15, -0.1) is 23.2 Å². The van der Waals surface area contributed by atoms with Crippen LogP contribution in [0.2, 0.25) is 0 Å². The zero-order valence-electron chi connectivity index (χ0n) is 6.25. The van der Waals surface area contributed by atoms with E-state index in [0.29, 0.717) is 0 Å². The van der Waals surface area contributed by atoms with Gasteiger partial charge in [-0.1, -0.05) is 34.8 Å². The number of hydrogen-bond donors (Lipinski definition) is 1. The molecule has 0 aromatic heterocycles. The third-order valence-electron chi connectivity index (χ3n) is 2.32. The molecule has 0 saturated carbocycles. The number of fused-ring (bicyclic) bond motifs is 1. The van der Waals surface area contributed by atoms with Crippen molar-refractivity contribution in [3.63, 3.8) is 0 Å². The van der Waals surface area contributed by atoms with E-state index in [1.54, 1.807) is 0 Å². The van der Waals surface area contributed by atoms with E-state index in [9.17, 15) is 9.90 Å². The average Bonchev–Trinajstić information content (AvgIpc) is 2.30. The van der Waals surface area contributed by atoms with Gasteiger partial charge in [-0.05, 0) is 0 Å². The van der Waals surface area contributed by atoms with Crippen LogP contribution in [0.4, 0.5) is 0 Å². The van der Waals surface area contributed by atoms with Crippen molar-refractivity contribution in [3.8, 4) is 0 Å². The number of alkyl halides is 2. The molecule has 2 aliphatic carbocycles. The SMILES string of the molecule is O=C1C(Cl)=C(O)[C@]2(Cl)C(Cl)=C(Cl)[C@@]12Cl. The van der Waals surface area contributed by atoms with Gasteiger partial charge in [0.15, 0.2) is 9.75 Å².